The molecule has 0 fully saturated rings. The van der Waals surface area contributed by atoms with Crippen molar-refractivity contribution in [3.63, 3.8) is 0 Å². The van der Waals surface area contributed by atoms with Gasteiger partial charge in [-0.25, -0.2) is 5.43 Å². The Morgan fingerprint density at radius 1 is 1.32 bits per heavy atom. The standard InChI is InChI=1S/C20H22N2O3/c1-3-8-17-11-16(12-18(20(17)24)25-4-2)14-21-22-19(23)13-15-9-6-5-7-10-15/h3,5-7,9-12,14,24H,1,4,8,13H2,2H3,(H,22,23)/b21-14-. The van der Waals surface area contributed by atoms with Gasteiger partial charge >= 0.3 is 0 Å². The molecule has 0 aliphatic carbocycles. The lowest BCUT2D eigenvalue weighted by atomic mass is 10.1. The summed E-state index contributed by atoms with van der Waals surface area (Å²) >= 11 is 0. The molecule has 0 aromatic heterocycles. The zero-order chi connectivity index (χ0) is 18.1. The summed E-state index contributed by atoms with van der Waals surface area (Å²) in [6.07, 6.45) is 4.00. The molecule has 2 aromatic rings. The van der Waals surface area contributed by atoms with Crippen molar-refractivity contribution in [2.75, 3.05) is 6.61 Å². The highest BCUT2D eigenvalue weighted by Gasteiger charge is 2.09. The fraction of sp³-hybridized carbons (Fsp3) is 0.200. The van der Waals surface area contributed by atoms with E-state index in [2.05, 4.69) is 17.1 Å². The van der Waals surface area contributed by atoms with Gasteiger partial charge in [-0.2, -0.15) is 5.10 Å². The van der Waals surface area contributed by atoms with Crippen LogP contribution in [0.3, 0.4) is 0 Å². The third kappa shape index (κ3) is 5.49. The Balaban J connectivity index is 2.06. The largest absolute Gasteiger partial charge is 0.504 e. The van der Waals surface area contributed by atoms with E-state index >= 15 is 0 Å². The van der Waals surface area contributed by atoms with Gasteiger partial charge in [0.25, 0.3) is 0 Å². The molecular weight excluding hydrogens is 316 g/mol. The van der Waals surface area contributed by atoms with Crippen molar-refractivity contribution >= 4 is 12.1 Å². The van der Waals surface area contributed by atoms with E-state index < -0.39 is 0 Å². The molecule has 0 radical (unpaired) electrons. The number of phenolic OH excluding ortho intramolecular Hbond substituents is 1. The van der Waals surface area contributed by atoms with E-state index in [4.69, 9.17) is 4.74 Å². The normalized spacial score (nSPS) is 10.6. The van der Waals surface area contributed by atoms with Crippen LogP contribution < -0.4 is 10.2 Å². The van der Waals surface area contributed by atoms with Crippen molar-refractivity contribution < 1.29 is 14.6 Å². The van der Waals surface area contributed by atoms with E-state index in [9.17, 15) is 9.90 Å². The summed E-state index contributed by atoms with van der Waals surface area (Å²) in [7, 11) is 0. The topological polar surface area (TPSA) is 70.9 Å². The number of nitrogens with one attached hydrogen (secondary N) is 1. The van der Waals surface area contributed by atoms with Gasteiger partial charge in [0.15, 0.2) is 11.5 Å². The van der Waals surface area contributed by atoms with Crippen molar-refractivity contribution in [1.29, 1.82) is 0 Å². The third-order valence-corrected chi connectivity index (χ3v) is 3.45. The summed E-state index contributed by atoms with van der Waals surface area (Å²) in [6.45, 7) is 5.97. The van der Waals surface area contributed by atoms with Gasteiger partial charge < -0.3 is 9.84 Å². The Labute approximate surface area is 147 Å². The van der Waals surface area contributed by atoms with Crippen molar-refractivity contribution in [1.82, 2.24) is 5.43 Å². The first-order chi connectivity index (χ1) is 12.1. The van der Waals surface area contributed by atoms with Gasteiger partial charge in [-0.05, 0) is 36.6 Å². The molecule has 0 aliphatic heterocycles. The van der Waals surface area contributed by atoms with Crippen molar-refractivity contribution in [3.8, 4) is 11.5 Å². The second kappa shape index (κ2) is 9.27. The quantitative estimate of drug-likeness (QED) is 0.441. The lowest BCUT2D eigenvalue weighted by molar-refractivity contribution is -0.120. The average molecular weight is 338 g/mol. The van der Waals surface area contributed by atoms with Crippen LogP contribution in [-0.4, -0.2) is 23.8 Å². The van der Waals surface area contributed by atoms with E-state index in [1.54, 1.807) is 18.2 Å². The number of phenols is 1. The average Bonchev–Trinajstić information content (AvgIpc) is 2.60. The number of hydrogen-bond acceptors (Lipinski definition) is 4. The maximum Gasteiger partial charge on any atom is 0.244 e. The minimum Gasteiger partial charge on any atom is -0.504 e. The van der Waals surface area contributed by atoms with Crippen molar-refractivity contribution in [2.24, 2.45) is 5.10 Å². The first-order valence-electron chi connectivity index (χ1n) is 8.09. The Kier molecular flexibility index (Phi) is 6.77. The molecule has 0 unspecified atom stereocenters. The maximum atomic E-state index is 11.9. The minimum absolute atomic E-state index is 0.104. The highest BCUT2D eigenvalue weighted by molar-refractivity contribution is 5.84. The van der Waals surface area contributed by atoms with Crippen molar-refractivity contribution in [3.05, 3.63) is 71.8 Å². The van der Waals surface area contributed by atoms with Crippen LogP contribution in [0.2, 0.25) is 0 Å². The fourth-order valence-electron chi connectivity index (χ4n) is 2.34. The highest BCUT2D eigenvalue weighted by Crippen LogP contribution is 2.31. The number of amides is 1. The number of hydrazone groups is 1. The van der Waals surface area contributed by atoms with Crippen LogP contribution in [0.4, 0.5) is 0 Å². The molecule has 0 aliphatic rings. The van der Waals surface area contributed by atoms with Crippen LogP contribution in [0.5, 0.6) is 11.5 Å². The zero-order valence-corrected chi connectivity index (χ0v) is 14.2. The number of ether oxygens (including phenoxy) is 1. The van der Waals surface area contributed by atoms with E-state index in [-0.39, 0.29) is 18.1 Å². The van der Waals surface area contributed by atoms with Crippen LogP contribution in [0, 0.1) is 0 Å². The molecule has 0 heterocycles. The van der Waals surface area contributed by atoms with Crippen molar-refractivity contribution in [2.45, 2.75) is 19.8 Å². The molecular formula is C20H22N2O3. The number of carbonyl (C=O) groups excluding carboxylic acids is 1. The Bertz CT molecular complexity index is 755. The van der Waals surface area contributed by atoms with E-state index in [0.29, 0.717) is 24.3 Å². The van der Waals surface area contributed by atoms with Gasteiger partial charge in [0.05, 0.1) is 19.2 Å². The van der Waals surface area contributed by atoms with Crippen LogP contribution in [-0.2, 0) is 17.6 Å². The number of nitrogens with zero attached hydrogens (tertiary/aromatic N) is 1. The van der Waals surface area contributed by atoms with Gasteiger partial charge in [-0.1, -0.05) is 36.4 Å². The predicted octanol–water partition coefficient (Wildman–Crippen LogP) is 3.21. The first kappa shape index (κ1) is 18.3. The Morgan fingerprint density at radius 3 is 2.76 bits per heavy atom. The Hall–Kier alpha value is -3.08. The molecule has 0 bridgehead atoms. The Morgan fingerprint density at radius 2 is 2.08 bits per heavy atom. The summed E-state index contributed by atoms with van der Waals surface area (Å²) in [4.78, 5) is 11.9. The third-order valence-electron chi connectivity index (χ3n) is 3.45. The van der Waals surface area contributed by atoms with Crippen LogP contribution in [0.15, 0.2) is 60.2 Å². The number of rotatable bonds is 8. The van der Waals surface area contributed by atoms with E-state index in [0.717, 1.165) is 11.1 Å². The number of carbonyl (C=O) groups is 1. The van der Waals surface area contributed by atoms with Crippen LogP contribution >= 0.6 is 0 Å². The van der Waals surface area contributed by atoms with Gasteiger partial charge in [-0.15, -0.1) is 6.58 Å². The molecule has 0 atom stereocenters. The summed E-state index contributed by atoms with van der Waals surface area (Å²) in [5.41, 5.74) is 4.84. The predicted molar refractivity (Wildman–Crippen MR) is 99.1 cm³/mol. The molecule has 0 saturated carbocycles. The molecule has 0 spiro atoms. The molecule has 5 heteroatoms. The summed E-state index contributed by atoms with van der Waals surface area (Å²) in [5, 5.41) is 14.1. The first-order valence-corrected chi connectivity index (χ1v) is 8.09. The monoisotopic (exact) mass is 338 g/mol. The van der Waals surface area contributed by atoms with Gasteiger partial charge in [-0.3, -0.25) is 4.79 Å². The second-order valence-electron chi connectivity index (χ2n) is 5.41. The van der Waals surface area contributed by atoms with Gasteiger partial charge in [0.1, 0.15) is 0 Å². The number of allylic oxidation sites excluding steroid dienone is 1. The zero-order valence-electron chi connectivity index (χ0n) is 14.2. The summed E-state index contributed by atoms with van der Waals surface area (Å²) in [5.74, 6) is 0.295. The van der Waals surface area contributed by atoms with Gasteiger partial charge in [0, 0.05) is 5.56 Å². The smallest absolute Gasteiger partial charge is 0.244 e. The minimum atomic E-state index is -0.197. The van der Waals surface area contributed by atoms with E-state index in [1.807, 2.05) is 37.3 Å². The molecule has 0 saturated heterocycles. The molecule has 25 heavy (non-hydrogen) atoms. The summed E-state index contributed by atoms with van der Waals surface area (Å²) < 4.78 is 5.44. The number of aromatic hydroxyl groups is 1. The second-order valence-corrected chi connectivity index (χ2v) is 5.41. The van der Waals surface area contributed by atoms with Crippen LogP contribution in [0.25, 0.3) is 0 Å². The summed E-state index contributed by atoms with van der Waals surface area (Å²) in [6, 6.07) is 12.9. The van der Waals surface area contributed by atoms with Crippen LogP contribution in [0.1, 0.15) is 23.6 Å². The fourth-order valence-corrected chi connectivity index (χ4v) is 2.34. The SMILES string of the molecule is C=CCc1cc(/C=N\NC(=O)Cc2ccccc2)cc(OCC)c1O. The highest BCUT2D eigenvalue weighted by atomic mass is 16.5. The van der Waals surface area contributed by atoms with Gasteiger partial charge in [0.2, 0.25) is 5.91 Å². The molecule has 1 amide bonds. The number of hydrogen-bond donors (Lipinski definition) is 2. The molecule has 2 N–H and O–H groups in total. The lowest BCUT2D eigenvalue weighted by Crippen LogP contribution is -2.19. The lowest BCUT2D eigenvalue weighted by Gasteiger charge is -2.10. The molecule has 130 valence electrons. The number of benzene rings is 2. The molecule has 5 nitrogen and oxygen atoms in total. The maximum absolute atomic E-state index is 11.9. The molecule has 2 rings (SSSR count). The van der Waals surface area contributed by atoms with E-state index in [1.165, 1.54) is 6.21 Å². The molecule has 2 aromatic carbocycles.